The van der Waals surface area contributed by atoms with Gasteiger partial charge in [-0.25, -0.2) is 0 Å². The number of aromatic nitrogens is 2. The molecule has 44 heavy (non-hydrogen) atoms. The molecule has 0 saturated carbocycles. The molecule has 1 saturated heterocycles. The molecule has 6 aromatic carbocycles. The van der Waals surface area contributed by atoms with Gasteiger partial charge < -0.3 is 22.8 Å². The maximum absolute atomic E-state index is 6.62. The zero-order valence-electron chi connectivity index (χ0n) is 23.8. The van der Waals surface area contributed by atoms with E-state index in [9.17, 15) is 0 Å². The van der Waals surface area contributed by atoms with Crippen LogP contribution in [0.4, 0.5) is 0 Å². The molecule has 3 heterocycles. The second-order valence-corrected chi connectivity index (χ2v) is 11.2. The average Bonchev–Trinajstić information content (AvgIpc) is 3.61. The topological polar surface area (TPSA) is 37.5 Å². The Balaban J connectivity index is 1.23. The molecule has 0 spiro atoms. The van der Waals surface area contributed by atoms with Crippen LogP contribution >= 0.6 is 0 Å². The number of hydrogen-bond acceptors (Lipinski definition) is 3. The standard InChI is InChI=1S/C36H25B3N2O3/c1-3-13-26(14-4-1)37-42-38(27-15-5-2-6-16-27)44-39(43-37)41-35-22-12-9-19-31(35)32-25-28(23-24-36(32)41)40-33-20-10-7-17-29(33)30-18-8-11-21-34(30)40/h1-25H. The number of benzene rings is 6. The molecular formula is C36H25B3N2O3. The highest BCUT2D eigenvalue weighted by atomic mass is 16.7. The minimum Gasteiger partial charge on any atom is -0.445 e. The van der Waals surface area contributed by atoms with Crippen LogP contribution in [0.3, 0.4) is 0 Å². The molecule has 2 aromatic heterocycles. The van der Waals surface area contributed by atoms with E-state index in [1.54, 1.807) is 0 Å². The maximum atomic E-state index is 6.62. The Morgan fingerprint density at radius 2 is 0.841 bits per heavy atom. The zero-order valence-corrected chi connectivity index (χ0v) is 23.8. The van der Waals surface area contributed by atoms with E-state index in [0.29, 0.717) is 0 Å². The summed E-state index contributed by atoms with van der Waals surface area (Å²) in [5.41, 5.74) is 7.42. The summed E-state index contributed by atoms with van der Waals surface area (Å²) in [6.07, 6.45) is 0. The Kier molecular flexibility index (Phi) is 5.98. The Bertz CT molecular complexity index is 2200. The third-order valence-corrected chi connectivity index (χ3v) is 8.61. The van der Waals surface area contributed by atoms with Gasteiger partial charge in [-0.1, -0.05) is 115 Å². The molecule has 1 aliphatic rings. The summed E-state index contributed by atoms with van der Waals surface area (Å²) in [5.74, 6) is 0. The highest BCUT2D eigenvalue weighted by molar-refractivity contribution is 6.83. The average molecular weight is 566 g/mol. The van der Waals surface area contributed by atoms with Crippen LogP contribution < -0.4 is 10.9 Å². The first-order valence-electron chi connectivity index (χ1n) is 14.9. The van der Waals surface area contributed by atoms with Crippen molar-refractivity contribution in [3.05, 3.63) is 152 Å². The van der Waals surface area contributed by atoms with E-state index in [1.807, 2.05) is 60.7 Å². The van der Waals surface area contributed by atoms with Crippen LogP contribution in [-0.4, -0.2) is 30.5 Å². The van der Waals surface area contributed by atoms with Crippen LogP contribution in [0.1, 0.15) is 0 Å². The van der Waals surface area contributed by atoms with Crippen molar-refractivity contribution < 1.29 is 13.7 Å². The van der Waals surface area contributed by atoms with Gasteiger partial charge in [0.05, 0.1) is 11.0 Å². The SMILES string of the molecule is c1ccc(B2OB(c3ccccc3)OB(n3c4ccccc4c4cc(-n5c6ccccc6c6ccccc65)ccc43)O2)cc1. The molecule has 8 aromatic rings. The van der Waals surface area contributed by atoms with Crippen molar-refractivity contribution in [2.45, 2.75) is 0 Å². The monoisotopic (exact) mass is 566 g/mol. The van der Waals surface area contributed by atoms with Gasteiger partial charge in [0.25, 0.3) is 0 Å². The van der Waals surface area contributed by atoms with E-state index in [-0.39, 0.29) is 0 Å². The van der Waals surface area contributed by atoms with Gasteiger partial charge in [0.1, 0.15) is 0 Å². The number of nitrogens with zero attached hydrogens (tertiary/aromatic N) is 2. The summed E-state index contributed by atoms with van der Waals surface area (Å²) in [5, 5.41) is 4.75. The molecule has 0 bridgehead atoms. The molecule has 1 fully saturated rings. The van der Waals surface area contributed by atoms with Gasteiger partial charge in [-0.05, 0) is 47.3 Å². The fourth-order valence-corrected chi connectivity index (χ4v) is 6.63. The van der Waals surface area contributed by atoms with E-state index in [2.05, 4.69) is 100 Å². The second-order valence-electron chi connectivity index (χ2n) is 11.2. The molecule has 9 rings (SSSR count). The molecule has 5 nitrogen and oxygen atoms in total. The zero-order chi connectivity index (χ0) is 29.0. The Hall–Kier alpha value is -5.01. The first-order chi connectivity index (χ1) is 21.8. The number of para-hydroxylation sites is 3. The van der Waals surface area contributed by atoms with E-state index < -0.39 is 21.5 Å². The van der Waals surface area contributed by atoms with E-state index in [1.165, 1.54) is 21.8 Å². The van der Waals surface area contributed by atoms with Crippen LogP contribution in [0.15, 0.2) is 152 Å². The van der Waals surface area contributed by atoms with Crippen LogP contribution in [0.2, 0.25) is 0 Å². The van der Waals surface area contributed by atoms with E-state index >= 15 is 0 Å². The summed E-state index contributed by atoms with van der Waals surface area (Å²) in [6.45, 7) is 0. The van der Waals surface area contributed by atoms with E-state index in [4.69, 9.17) is 13.7 Å². The molecule has 0 aliphatic carbocycles. The van der Waals surface area contributed by atoms with Crippen molar-refractivity contribution >= 4 is 76.0 Å². The smallest absolute Gasteiger partial charge is 0.445 e. The second kappa shape index (κ2) is 10.3. The number of rotatable bonds is 4. The van der Waals surface area contributed by atoms with Crippen LogP contribution in [-0.2, 0) is 13.7 Å². The summed E-state index contributed by atoms with van der Waals surface area (Å²) < 4.78 is 24.1. The van der Waals surface area contributed by atoms with Crippen molar-refractivity contribution in [1.82, 2.24) is 9.05 Å². The minimum atomic E-state index is -0.722. The van der Waals surface area contributed by atoms with Gasteiger partial charge in [-0.15, -0.1) is 0 Å². The van der Waals surface area contributed by atoms with Gasteiger partial charge in [-0.2, -0.15) is 0 Å². The van der Waals surface area contributed by atoms with Crippen molar-refractivity contribution in [3.8, 4) is 5.69 Å². The summed E-state index contributed by atoms with van der Waals surface area (Å²) in [6, 6.07) is 52.4. The molecule has 8 heteroatoms. The van der Waals surface area contributed by atoms with Crippen molar-refractivity contribution in [3.63, 3.8) is 0 Å². The molecule has 1 aliphatic heterocycles. The molecule has 0 atom stereocenters. The molecule has 0 radical (unpaired) electrons. The van der Waals surface area contributed by atoms with Gasteiger partial charge in [0.2, 0.25) is 0 Å². The Morgan fingerprint density at radius 3 is 1.41 bits per heavy atom. The first kappa shape index (κ1) is 25.5. The minimum absolute atomic E-state index is 0.603. The predicted octanol–water partition coefficient (Wildman–Crippen LogP) is 6.58. The number of fused-ring (bicyclic) bond motifs is 6. The fourth-order valence-electron chi connectivity index (χ4n) is 6.63. The van der Waals surface area contributed by atoms with Crippen molar-refractivity contribution in [2.24, 2.45) is 0 Å². The highest BCUT2D eigenvalue weighted by Crippen LogP contribution is 2.36. The van der Waals surface area contributed by atoms with E-state index in [0.717, 1.165) is 38.4 Å². The lowest BCUT2D eigenvalue weighted by molar-refractivity contribution is 0.293. The maximum Gasteiger partial charge on any atom is 0.570 e. The van der Waals surface area contributed by atoms with Gasteiger partial charge in [-0.3, -0.25) is 0 Å². The summed E-state index contributed by atoms with van der Waals surface area (Å²) in [4.78, 5) is 0. The first-order valence-corrected chi connectivity index (χ1v) is 14.9. The largest absolute Gasteiger partial charge is 0.570 e. The van der Waals surface area contributed by atoms with Gasteiger partial charge in [0.15, 0.2) is 0 Å². The lowest BCUT2D eigenvalue weighted by Gasteiger charge is -2.32. The van der Waals surface area contributed by atoms with Crippen molar-refractivity contribution in [1.29, 1.82) is 0 Å². The van der Waals surface area contributed by atoms with Gasteiger partial charge in [0, 0.05) is 38.3 Å². The van der Waals surface area contributed by atoms with Crippen LogP contribution in [0.25, 0.3) is 49.3 Å². The molecular weight excluding hydrogens is 541 g/mol. The molecule has 0 N–H and O–H groups in total. The lowest BCUT2D eigenvalue weighted by atomic mass is 9.66. The van der Waals surface area contributed by atoms with Gasteiger partial charge >= 0.3 is 21.5 Å². The third kappa shape index (κ3) is 4.03. The predicted molar refractivity (Wildman–Crippen MR) is 182 cm³/mol. The molecule has 0 unspecified atom stereocenters. The summed E-state index contributed by atoms with van der Waals surface area (Å²) >= 11 is 0. The molecule has 0 amide bonds. The van der Waals surface area contributed by atoms with Crippen molar-refractivity contribution in [2.75, 3.05) is 0 Å². The number of hydrogen-bond donors (Lipinski definition) is 0. The third-order valence-electron chi connectivity index (χ3n) is 8.61. The normalized spacial score (nSPS) is 14.0. The molecule has 206 valence electrons. The Labute approximate surface area is 255 Å². The summed E-state index contributed by atoms with van der Waals surface area (Å²) in [7, 11) is -1.93. The lowest BCUT2D eigenvalue weighted by Crippen LogP contribution is -2.60. The fraction of sp³-hybridized carbons (Fsp3) is 0. The highest BCUT2D eigenvalue weighted by Gasteiger charge is 2.45. The van der Waals surface area contributed by atoms with Crippen LogP contribution in [0.5, 0.6) is 0 Å². The van der Waals surface area contributed by atoms with Crippen LogP contribution in [0, 0.1) is 0 Å². The Morgan fingerprint density at radius 1 is 0.386 bits per heavy atom. The quantitative estimate of drug-likeness (QED) is 0.226.